The number of Topliss-reactive ketones (excluding diaryl/α,β-unsaturated/α-hetero) is 1. The molecule has 2 aromatic heterocycles. The number of carbonyl (C=O) groups excluding carboxylic acids is 1. The molecule has 0 saturated carbocycles. The lowest BCUT2D eigenvalue weighted by Crippen LogP contribution is -2.09. The summed E-state index contributed by atoms with van der Waals surface area (Å²) in [6, 6.07) is 11.4. The van der Waals surface area contributed by atoms with Gasteiger partial charge in [-0.3, -0.25) is 4.79 Å². The second-order valence-corrected chi connectivity index (χ2v) is 7.53. The number of methoxy groups -OCH3 is 2. The van der Waals surface area contributed by atoms with Crippen molar-refractivity contribution in [2.75, 3.05) is 20.8 Å². The molecule has 3 rings (SSSR count). The van der Waals surface area contributed by atoms with Gasteiger partial charge in [-0.1, -0.05) is 11.2 Å². The van der Waals surface area contributed by atoms with E-state index >= 15 is 0 Å². The molecule has 0 unspecified atom stereocenters. The number of aryl methyl sites for hydroxylation is 1. The minimum Gasteiger partial charge on any atom is -0.493 e. The first-order chi connectivity index (χ1) is 14.0. The molecule has 3 aromatic rings. The Kier molecular flexibility index (Phi) is 6.72. The Hall–Kier alpha value is -3.06. The predicted octanol–water partition coefficient (Wildman–Crippen LogP) is 4.47. The number of thiophene rings is 1. The Morgan fingerprint density at radius 1 is 1.14 bits per heavy atom. The van der Waals surface area contributed by atoms with Crippen molar-refractivity contribution in [3.8, 4) is 11.5 Å². The predicted molar refractivity (Wildman–Crippen MR) is 115 cm³/mol. The van der Waals surface area contributed by atoms with E-state index in [-0.39, 0.29) is 12.4 Å². The maximum absolute atomic E-state index is 12.6. The largest absolute Gasteiger partial charge is 0.493 e. The van der Waals surface area contributed by atoms with Crippen LogP contribution in [0, 0.1) is 13.8 Å². The lowest BCUT2D eigenvalue weighted by Gasteiger charge is -2.08. The number of ether oxygens (including phenoxy) is 2. The van der Waals surface area contributed by atoms with E-state index < -0.39 is 0 Å². The zero-order chi connectivity index (χ0) is 20.8. The minimum absolute atomic E-state index is 0.0972. The third kappa shape index (κ3) is 4.86. The van der Waals surface area contributed by atoms with E-state index in [0.717, 1.165) is 23.5 Å². The molecule has 0 aliphatic heterocycles. The van der Waals surface area contributed by atoms with E-state index in [1.54, 1.807) is 37.7 Å². The second kappa shape index (κ2) is 9.43. The number of rotatable bonds is 9. The molecule has 0 aliphatic carbocycles. The number of hydrogen-bond acceptors (Lipinski definition) is 6. The van der Waals surface area contributed by atoms with Crippen LogP contribution in [0.1, 0.15) is 32.2 Å². The second-order valence-electron chi connectivity index (χ2n) is 6.50. The third-order valence-corrected chi connectivity index (χ3v) is 5.51. The lowest BCUT2D eigenvalue weighted by atomic mass is 10.1. The van der Waals surface area contributed by atoms with Gasteiger partial charge in [-0.05, 0) is 49.6 Å². The first-order valence-corrected chi connectivity index (χ1v) is 10.0. The summed E-state index contributed by atoms with van der Waals surface area (Å²) in [6.45, 7) is 4.61. The van der Waals surface area contributed by atoms with E-state index in [2.05, 4.69) is 21.2 Å². The zero-order valence-electron chi connectivity index (χ0n) is 17.0. The van der Waals surface area contributed by atoms with Crippen molar-refractivity contribution in [2.45, 2.75) is 20.4 Å². The van der Waals surface area contributed by atoms with Crippen molar-refractivity contribution < 1.29 is 19.1 Å². The van der Waals surface area contributed by atoms with Crippen LogP contribution in [-0.4, -0.2) is 37.4 Å². The highest BCUT2D eigenvalue weighted by Crippen LogP contribution is 2.27. The van der Waals surface area contributed by atoms with Crippen molar-refractivity contribution in [2.24, 2.45) is 5.16 Å². The summed E-state index contributed by atoms with van der Waals surface area (Å²) in [4.78, 5) is 19.1. The van der Waals surface area contributed by atoms with E-state index in [9.17, 15) is 4.79 Å². The van der Waals surface area contributed by atoms with Crippen LogP contribution < -0.4 is 9.47 Å². The topological polar surface area (TPSA) is 62.0 Å². The van der Waals surface area contributed by atoms with E-state index in [1.165, 1.54) is 11.1 Å². The van der Waals surface area contributed by atoms with Gasteiger partial charge in [-0.15, -0.1) is 11.3 Å². The van der Waals surface area contributed by atoms with Crippen LogP contribution in [-0.2, 0) is 11.4 Å². The van der Waals surface area contributed by atoms with Crippen LogP contribution in [0.4, 0.5) is 0 Å². The Bertz CT molecular complexity index is 1010. The smallest absolute Gasteiger partial charge is 0.204 e. The normalized spacial score (nSPS) is 11.0. The first-order valence-electron chi connectivity index (χ1n) is 9.13. The molecule has 1 aromatic carbocycles. The highest BCUT2D eigenvalue weighted by Gasteiger charge is 2.16. The van der Waals surface area contributed by atoms with Gasteiger partial charge in [-0.25, -0.2) is 0 Å². The molecule has 0 radical (unpaired) electrons. The Morgan fingerprint density at radius 3 is 2.62 bits per heavy atom. The van der Waals surface area contributed by atoms with Crippen molar-refractivity contribution in [3.63, 3.8) is 0 Å². The fraction of sp³-hybridized carbons (Fsp3) is 0.273. The van der Waals surface area contributed by atoms with Crippen molar-refractivity contribution in [3.05, 3.63) is 69.2 Å². The summed E-state index contributed by atoms with van der Waals surface area (Å²) in [5, 5.41) is 5.97. The van der Waals surface area contributed by atoms with E-state index in [1.807, 2.05) is 32.0 Å². The fourth-order valence-electron chi connectivity index (χ4n) is 3.09. The van der Waals surface area contributed by atoms with Gasteiger partial charge in [0.15, 0.2) is 18.1 Å². The summed E-state index contributed by atoms with van der Waals surface area (Å²) in [6.07, 6.45) is 1.54. The molecule has 0 N–H and O–H groups in total. The van der Waals surface area contributed by atoms with Gasteiger partial charge in [0.05, 0.1) is 27.0 Å². The number of oxime groups is 1. The molecule has 0 fully saturated rings. The SMILES string of the molecule is COc1ccc(/C=N\OCC(=O)c2cc(C)n(Cc3cccs3)c2C)cc1OC. The Balaban J connectivity index is 1.62. The standard InChI is InChI=1S/C22H24N2O4S/c1-15-10-19(16(2)24(15)13-18-6-5-9-29-18)20(25)14-28-23-12-17-7-8-21(26-3)22(11-17)27-4/h5-12H,13-14H2,1-4H3/b23-12-. The molecule has 6 nitrogen and oxygen atoms in total. The number of aromatic nitrogens is 1. The summed E-state index contributed by atoms with van der Waals surface area (Å²) < 4.78 is 12.6. The summed E-state index contributed by atoms with van der Waals surface area (Å²) in [5.74, 6) is 1.14. The van der Waals surface area contributed by atoms with E-state index in [0.29, 0.717) is 17.1 Å². The van der Waals surface area contributed by atoms with Gasteiger partial charge in [-0.2, -0.15) is 0 Å². The van der Waals surface area contributed by atoms with Crippen LogP contribution in [0.25, 0.3) is 0 Å². The van der Waals surface area contributed by atoms with Crippen LogP contribution in [0.2, 0.25) is 0 Å². The molecule has 152 valence electrons. The molecular formula is C22H24N2O4S. The molecule has 0 spiro atoms. The average molecular weight is 413 g/mol. The molecule has 0 aliphatic rings. The maximum atomic E-state index is 12.6. The Labute approximate surface area is 174 Å². The molecule has 7 heteroatoms. The fourth-order valence-corrected chi connectivity index (χ4v) is 3.78. The molecular weight excluding hydrogens is 388 g/mol. The van der Waals surface area contributed by atoms with Gasteiger partial charge < -0.3 is 18.9 Å². The molecule has 0 saturated heterocycles. The monoisotopic (exact) mass is 412 g/mol. The quantitative estimate of drug-likeness (QED) is 0.296. The highest BCUT2D eigenvalue weighted by molar-refractivity contribution is 7.09. The first kappa shape index (κ1) is 20.7. The molecule has 29 heavy (non-hydrogen) atoms. The average Bonchev–Trinajstić information content (AvgIpc) is 3.34. The number of hydrogen-bond donors (Lipinski definition) is 0. The Morgan fingerprint density at radius 2 is 1.93 bits per heavy atom. The van der Waals surface area contributed by atoms with Gasteiger partial charge in [0.1, 0.15) is 0 Å². The van der Waals surface area contributed by atoms with Crippen LogP contribution in [0.5, 0.6) is 11.5 Å². The highest BCUT2D eigenvalue weighted by atomic mass is 32.1. The molecule has 0 atom stereocenters. The van der Waals surface area contributed by atoms with Crippen molar-refractivity contribution in [1.82, 2.24) is 4.57 Å². The summed E-state index contributed by atoms with van der Waals surface area (Å²) in [5.41, 5.74) is 3.44. The zero-order valence-corrected chi connectivity index (χ0v) is 17.8. The van der Waals surface area contributed by atoms with Crippen molar-refractivity contribution >= 4 is 23.3 Å². The number of carbonyl (C=O) groups is 1. The number of benzene rings is 1. The van der Waals surface area contributed by atoms with Gasteiger partial charge >= 0.3 is 0 Å². The maximum Gasteiger partial charge on any atom is 0.204 e. The van der Waals surface area contributed by atoms with Gasteiger partial charge in [0.2, 0.25) is 5.78 Å². The summed E-state index contributed by atoms with van der Waals surface area (Å²) >= 11 is 1.71. The third-order valence-electron chi connectivity index (χ3n) is 4.65. The molecule has 2 heterocycles. The van der Waals surface area contributed by atoms with E-state index in [4.69, 9.17) is 14.3 Å². The lowest BCUT2D eigenvalue weighted by molar-refractivity contribution is 0.0778. The van der Waals surface area contributed by atoms with Crippen LogP contribution >= 0.6 is 11.3 Å². The molecule has 0 amide bonds. The summed E-state index contributed by atoms with van der Waals surface area (Å²) in [7, 11) is 3.15. The van der Waals surface area contributed by atoms with Crippen molar-refractivity contribution in [1.29, 1.82) is 0 Å². The number of nitrogens with zero attached hydrogens (tertiary/aromatic N) is 2. The minimum atomic E-state index is -0.118. The van der Waals surface area contributed by atoms with Gasteiger partial charge in [0.25, 0.3) is 0 Å². The van der Waals surface area contributed by atoms with Crippen LogP contribution in [0.15, 0.2) is 46.9 Å². The van der Waals surface area contributed by atoms with Gasteiger partial charge in [0, 0.05) is 27.4 Å². The molecule has 0 bridgehead atoms. The number of ketones is 1. The van der Waals surface area contributed by atoms with Crippen LogP contribution in [0.3, 0.4) is 0 Å².